The Morgan fingerprint density at radius 2 is 1.56 bits per heavy atom. The molecule has 0 saturated heterocycles. The van der Waals surface area contributed by atoms with Crippen molar-refractivity contribution >= 4 is 27.8 Å². The van der Waals surface area contributed by atoms with Gasteiger partial charge in [0.2, 0.25) is 0 Å². The van der Waals surface area contributed by atoms with Crippen LogP contribution in [0.2, 0.25) is 0 Å². The summed E-state index contributed by atoms with van der Waals surface area (Å²) in [6.07, 6.45) is 5.15. The zero-order chi connectivity index (χ0) is 21.9. The summed E-state index contributed by atoms with van der Waals surface area (Å²) in [5.74, 6) is -0.0536. The molecule has 0 fully saturated rings. The lowest BCUT2D eigenvalue weighted by Crippen LogP contribution is -2.33. The van der Waals surface area contributed by atoms with Crippen LogP contribution >= 0.6 is 0 Å². The topological polar surface area (TPSA) is 59.0 Å². The number of benzene rings is 3. The van der Waals surface area contributed by atoms with Crippen LogP contribution < -0.4 is 0 Å². The molecular weight excluding hydrogens is 396 g/mol. The van der Waals surface area contributed by atoms with Gasteiger partial charge in [0, 0.05) is 36.1 Å². The Hall–Kier alpha value is -4.12. The van der Waals surface area contributed by atoms with Crippen molar-refractivity contribution in [3.05, 3.63) is 114 Å². The van der Waals surface area contributed by atoms with E-state index in [4.69, 9.17) is 0 Å². The maximum Gasteiger partial charge on any atom is 0.254 e. The van der Waals surface area contributed by atoms with Crippen LogP contribution in [0.1, 0.15) is 34.5 Å². The molecule has 0 bridgehead atoms. The molecule has 156 valence electrons. The zero-order valence-corrected chi connectivity index (χ0v) is 17.7. The van der Waals surface area contributed by atoms with Crippen LogP contribution in [0, 0.1) is 0 Å². The van der Waals surface area contributed by atoms with Gasteiger partial charge in [-0.15, -0.1) is 0 Å². The van der Waals surface area contributed by atoms with Gasteiger partial charge in [0.15, 0.2) is 0 Å². The van der Waals surface area contributed by atoms with Gasteiger partial charge in [0.25, 0.3) is 5.91 Å². The van der Waals surface area contributed by atoms with Gasteiger partial charge in [0.1, 0.15) is 0 Å². The Balaban J connectivity index is 1.53. The van der Waals surface area contributed by atoms with Crippen LogP contribution in [0.5, 0.6) is 0 Å². The molecule has 0 unspecified atom stereocenters. The van der Waals surface area contributed by atoms with Gasteiger partial charge in [0.05, 0.1) is 22.6 Å². The number of hydrogen-bond donors (Lipinski definition) is 0. The van der Waals surface area contributed by atoms with Crippen molar-refractivity contribution in [3.8, 4) is 0 Å². The summed E-state index contributed by atoms with van der Waals surface area (Å²) in [6, 6.07) is 25.6. The van der Waals surface area contributed by atoms with Crippen molar-refractivity contribution in [2.24, 2.45) is 0 Å². The highest BCUT2D eigenvalue weighted by Gasteiger charge is 2.24. The van der Waals surface area contributed by atoms with Gasteiger partial charge in [-0.25, -0.2) is 0 Å². The van der Waals surface area contributed by atoms with Crippen molar-refractivity contribution in [2.75, 3.05) is 0 Å². The third kappa shape index (κ3) is 3.93. The van der Waals surface area contributed by atoms with Crippen molar-refractivity contribution < 1.29 is 4.79 Å². The third-order valence-corrected chi connectivity index (χ3v) is 5.73. The first kappa shape index (κ1) is 19.8. The molecule has 5 aromatic rings. The fraction of sp³-hybridized carbons (Fsp3) is 0.111. The molecule has 0 N–H and O–H groups in total. The van der Waals surface area contributed by atoms with E-state index in [1.807, 2.05) is 71.8 Å². The Morgan fingerprint density at radius 1 is 0.812 bits per heavy atom. The van der Waals surface area contributed by atoms with E-state index < -0.39 is 0 Å². The molecule has 0 aliphatic rings. The van der Waals surface area contributed by atoms with Gasteiger partial charge in [-0.1, -0.05) is 48.5 Å². The second kappa shape index (κ2) is 8.55. The minimum absolute atomic E-state index is 0.0536. The monoisotopic (exact) mass is 418 g/mol. The number of fused-ring (bicyclic) bond motifs is 2. The summed E-state index contributed by atoms with van der Waals surface area (Å²) in [5, 5.41) is 1.06. The molecule has 5 nitrogen and oxygen atoms in total. The van der Waals surface area contributed by atoms with Crippen molar-refractivity contribution in [2.45, 2.75) is 19.5 Å². The minimum atomic E-state index is -0.118. The predicted octanol–water partition coefficient (Wildman–Crippen LogP) is 5.58. The lowest BCUT2D eigenvalue weighted by atomic mass is 10.0. The molecule has 0 radical (unpaired) electrons. The molecular formula is C27H22N4O. The van der Waals surface area contributed by atoms with Crippen LogP contribution in [0.4, 0.5) is 0 Å². The number of aromatic nitrogens is 3. The third-order valence-electron chi connectivity index (χ3n) is 5.73. The highest BCUT2D eigenvalue weighted by molar-refractivity contribution is 5.97. The fourth-order valence-electron chi connectivity index (χ4n) is 3.96. The van der Waals surface area contributed by atoms with E-state index in [-0.39, 0.29) is 11.9 Å². The summed E-state index contributed by atoms with van der Waals surface area (Å²) in [5.41, 5.74) is 5.08. The smallest absolute Gasteiger partial charge is 0.254 e. The molecule has 1 atom stereocenters. The minimum Gasteiger partial charge on any atom is -0.328 e. The van der Waals surface area contributed by atoms with Gasteiger partial charge in [-0.3, -0.25) is 19.7 Å². The van der Waals surface area contributed by atoms with E-state index in [0.717, 1.165) is 27.5 Å². The van der Waals surface area contributed by atoms with Gasteiger partial charge >= 0.3 is 0 Å². The van der Waals surface area contributed by atoms with Crippen LogP contribution in [0.15, 0.2) is 97.5 Å². The number of nitrogens with zero attached hydrogens (tertiary/aromatic N) is 4. The number of amides is 1. The number of hydrogen-bond acceptors (Lipinski definition) is 4. The molecule has 0 aliphatic heterocycles. The van der Waals surface area contributed by atoms with E-state index in [2.05, 4.69) is 40.1 Å². The molecule has 0 saturated carbocycles. The summed E-state index contributed by atoms with van der Waals surface area (Å²) >= 11 is 0. The molecule has 32 heavy (non-hydrogen) atoms. The molecule has 1 amide bonds. The highest BCUT2D eigenvalue weighted by atomic mass is 16.2. The SMILES string of the molecule is C[C@H](c1ccccc1)N(Cc1cnc2ccccc2c1)C(=O)c1ccc2nccnc2c1. The first-order valence-electron chi connectivity index (χ1n) is 10.6. The quantitative estimate of drug-likeness (QED) is 0.374. The van der Waals surface area contributed by atoms with Gasteiger partial charge in [-0.05, 0) is 48.4 Å². The second-order valence-corrected chi connectivity index (χ2v) is 7.82. The number of pyridine rings is 1. The van der Waals surface area contributed by atoms with Crippen LogP contribution in [0.25, 0.3) is 21.9 Å². The van der Waals surface area contributed by atoms with Crippen molar-refractivity contribution in [3.63, 3.8) is 0 Å². The van der Waals surface area contributed by atoms with E-state index in [1.165, 1.54) is 0 Å². The van der Waals surface area contributed by atoms with Crippen molar-refractivity contribution in [1.29, 1.82) is 0 Å². The second-order valence-electron chi connectivity index (χ2n) is 7.82. The largest absolute Gasteiger partial charge is 0.328 e. The number of carbonyl (C=O) groups is 1. The maximum atomic E-state index is 13.7. The Morgan fingerprint density at radius 3 is 2.41 bits per heavy atom. The van der Waals surface area contributed by atoms with Gasteiger partial charge in [-0.2, -0.15) is 0 Å². The number of para-hydroxylation sites is 1. The summed E-state index contributed by atoms with van der Waals surface area (Å²) in [7, 11) is 0. The average Bonchev–Trinajstić information content (AvgIpc) is 2.86. The van der Waals surface area contributed by atoms with Gasteiger partial charge < -0.3 is 4.90 Å². The normalized spacial score (nSPS) is 12.0. The number of rotatable bonds is 5. The maximum absolute atomic E-state index is 13.7. The van der Waals surface area contributed by atoms with Crippen LogP contribution in [-0.2, 0) is 6.54 Å². The van der Waals surface area contributed by atoms with E-state index >= 15 is 0 Å². The standard InChI is InChI=1S/C27H22N4O/c1-19(21-7-3-2-4-8-21)31(18-20-15-22-9-5-6-10-24(22)30-17-20)27(32)23-11-12-25-26(16-23)29-14-13-28-25/h2-17,19H,18H2,1H3/t19-/m1/s1. The molecule has 0 aliphatic carbocycles. The summed E-state index contributed by atoms with van der Waals surface area (Å²) < 4.78 is 0. The lowest BCUT2D eigenvalue weighted by Gasteiger charge is -2.30. The average molecular weight is 419 g/mol. The molecule has 2 heterocycles. The fourth-order valence-corrected chi connectivity index (χ4v) is 3.96. The Labute approximate surface area is 186 Å². The highest BCUT2D eigenvalue weighted by Crippen LogP contribution is 2.26. The first-order valence-corrected chi connectivity index (χ1v) is 10.6. The Bertz CT molecular complexity index is 1400. The molecule has 5 heteroatoms. The molecule has 3 aromatic carbocycles. The zero-order valence-electron chi connectivity index (χ0n) is 17.7. The summed E-state index contributed by atoms with van der Waals surface area (Å²) in [6.45, 7) is 2.51. The molecule has 0 spiro atoms. The van der Waals surface area contributed by atoms with Crippen LogP contribution in [0.3, 0.4) is 0 Å². The van der Waals surface area contributed by atoms with E-state index in [0.29, 0.717) is 17.6 Å². The molecule has 5 rings (SSSR count). The lowest BCUT2D eigenvalue weighted by molar-refractivity contribution is 0.0674. The van der Waals surface area contributed by atoms with Crippen molar-refractivity contribution in [1.82, 2.24) is 19.9 Å². The summed E-state index contributed by atoms with van der Waals surface area (Å²) in [4.78, 5) is 28.9. The Kier molecular flexibility index (Phi) is 5.30. The van der Waals surface area contributed by atoms with E-state index in [1.54, 1.807) is 12.4 Å². The predicted molar refractivity (Wildman–Crippen MR) is 126 cm³/mol. The van der Waals surface area contributed by atoms with E-state index in [9.17, 15) is 4.79 Å². The number of carbonyl (C=O) groups excluding carboxylic acids is 1. The first-order chi connectivity index (χ1) is 15.7. The van der Waals surface area contributed by atoms with Crippen LogP contribution in [-0.4, -0.2) is 25.8 Å². The molecule has 2 aromatic heterocycles.